The van der Waals surface area contributed by atoms with Gasteiger partial charge in [0.15, 0.2) is 6.61 Å². The fourth-order valence-electron chi connectivity index (χ4n) is 3.22. The lowest BCUT2D eigenvalue weighted by atomic mass is 10.1. The van der Waals surface area contributed by atoms with Crippen molar-refractivity contribution in [2.75, 3.05) is 13.7 Å². The number of fused-ring (bicyclic) bond motifs is 1. The van der Waals surface area contributed by atoms with Gasteiger partial charge < -0.3 is 19.3 Å². The number of rotatable bonds is 7. The van der Waals surface area contributed by atoms with E-state index in [1.165, 1.54) is 0 Å². The summed E-state index contributed by atoms with van der Waals surface area (Å²) >= 11 is 0. The number of nitrogens with zero attached hydrogens (tertiary/aromatic N) is 2. The minimum Gasteiger partial charge on any atom is -0.497 e. The molecule has 0 saturated heterocycles. The minimum atomic E-state index is -0.652. The summed E-state index contributed by atoms with van der Waals surface area (Å²) in [4.78, 5) is 29.5. The number of esters is 1. The molecule has 0 saturated carbocycles. The molecule has 4 rings (SSSR count). The van der Waals surface area contributed by atoms with Crippen molar-refractivity contribution in [3.63, 3.8) is 0 Å². The smallest absolute Gasteiger partial charge is 0.339 e. The second kappa shape index (κ2) is 9.30. The second-order valence-electron chi connectivity index (χ2n) is 7.07. The predicted octanol–water partition coefficient (Wildman–Crippen LogP) is 3.68. The molecule has 4 aromatic rings. The summed E-state index contributed by atoms with van der Waals surface area (Å²) in [6, 6.07) is 18.3. The number of ether oxygens (including phenoxy) is 2. The summed E-state index contributed by atoms with van der Waals surface area (Å²) < 4.78 is 15.7. The third kappa shape index (κ3) is 4.59. The van der Waals surface area contributed by atoms with Crippen molar-refractivity contribution in [3.8, 4) is 17.0 Å². The first kappa shape index (κ1) is 21.0. The Hall–Kier alpha value is -4.20. The van der Waals surface area contributed by atoms with Gasteiger partial charge in [-0.05, 0) is 30.7 Å². The van der Waals surface area contributed by atoms with Crippen LogP contribution in [0.5, 0.6) is 5.75 Å². The Kier molecular flexibility index (Phi) is 6.12. The van der Waals surface area contributed by atoms with Gasteiger partial charge in [-0.25, -0.2) is 9.78 Å². The molecule has 0 bridgehead atoms. The van der Waals surface area contributed by atoms with E-state index in [0.29, 0.717) is 23.3 Å². The molecule has 0 aliphatic rings. The first-order valence-corrected chi connectivity index (χ1v) is 9.94. The number of methoxy groups -OCH3 is 1. The molecule has 8 nitrogen and oxygen atoms in total. The number of nitrogens with one attached hydrogen (secondary N) is 1. The Balaban J connectivity index is 1.46. The van der Waals surface area contributed by atoms with Crippen LogP contribution in [0.2, 0.25) is 0 Å². The lowest BCUT2D eigenvalue weighted by Gasteiger charge is -2.09. The van der Waals surface area contributed by atoms with Crippen LogP contribution in [0.3, 0.4) is 0 Å². The van der Waals surface area contributed by atoms with Crippen molar-refractivity contribution in [1.82, 2.24) is 15.5 Å². The Morgan fingerprint density at radius 3 is 2.53 bits per heavy atom. The first-order valence-electron chi connectivity index (χ1n) is 9.94. The zero-order valence-electron chi connectivity index (χ0n) is 17.6. The molecule has 2 aromatic heterocycles. The number of aryl methyl sites for hydroxylation is 1. The summed E-state index contributed by atoms with van der Waals surface area (Å²) in [5.74, 6) is -0.332. The van der Waals surface area contributed by atoms with E-state index in [1.807, 2.05) is 54.6 Å². The van der Waals surface area contributed by atoms with Crippen LogP contribution < -0.4 is 10.1 Å². The van der Waals surface area contributed by atoms with Crippen molar-refractivity contribution in [2.45, 2.75) is 13.5 Å². The van der Waals surface area contributed by atoms with Gasteiger partial charge in [-0.3, -0.25) is 4.79 Å². The number of hydrogen-bond acceptors (Lipinski definition) is 7. The highest BCUT2D eigenvalue weighted by Gasteiger charge is 2.21. The van der Waals surface area contributed by atoms with E-state index in [9.17, 15) is 9.59 Å². The van der Waals surface area contributed by atoms with Gasteiger partial charge in [0.05, 0.1) is 29.4 Å². The van der Waals surface area contributed by atoms with Crippen LogP contribution in [0.15, 0.2) is 65.2 Å². The zero-order chi connectivity index (χ0) is 22.5. The van der Waals surface area contributed by atoms with Gasteiger partial charge in [0.2, 0.25) is 0 Å². The molecule has 1 amide bonds. The SMILES string of the molecule is COc1ccc(CNC(=O)COC(=O)c2cc(-c3ccccc3)nc3onc(C)c23)cc1. The monoisotopic (exact) mass is 431 g/mol. The topological polar surface area (TPSA) is 104 Å². The van der Waals surface area contributed by atoms with Crippen LogP contribution in [0.4, 0.5) is 0 Å². The van der Waals surface area contributed by atoms with Gasteiger partial charge in [-0.15, -0.1) is 0 Å². The number of pyridine rings is 1. The highest BCUT2D eigenvalue weighted by molar-refractivity contribution is 6.04. The molecule has 0 fully saturated rings. The van der Waals surface area contributed by atoms with E-state index < -0.39 is 18.5 Å². The number of hydrogen-bond donors (Lipinski definition) is 1. The maximum atomic E-state index is 12.8. The number of benzene rings is 2. The Labute approximate surface area is 184 Å². The fourth-order valence-corrected chi connectivity index (χ4v) is 3.22. The average Bonchev–Trinajstić information content (AvgIpc) is 3.22. The molecular weight excluding hydrogens is 410 g/mol. The van der Waals surface area contributed by atoms with E-state index in [1.54, 1.807) is 20.1 Å². The number of aromatic nitrogens is 2. The Bertz CT molecular complexity index is 1250. The van der Waals surface area contributed by atoms with Crippen molar-refractivity contribution in [1.29, 1.82) is 0 Å². The van der Waals surface area contributed by atoms with Crippen molar-refractivity contribution in [2.24, 2.45) is 0 Å². The highest BCUT2D eigenvalue weighted by Crippen LogP contribution is 2.27. The van der Waals surface area contributed by atoms with E-state index in [2.05, 4.69) is 15.5 Å². The molecule has 32 heavy (non-hydrogen) atoms. The molecule has 2 aromatic carbocycles. The molecule has 0 atom stereocenters. The summed E-state index contributed by atoms with van der Waals surface area (Å²) in [6.45, 7) is 1.61. The molecule has 0 radical (unpaired) electrons. The van der Waals surface area contributed by atoms with Crippen LogP contribution in [0, 0.1) is 6.92 Å². The van der Waals surface area contributed by atoms with E-state index in [0.717, 1.165) is 16.9 Å². The van der Waals surface area contributed by atoms with Gasteiger partial charge >= 0.3 is 5.97 Å². The van der Waals surface area contributed by atoms with Crippen LogP contribution in [-0.2, 0) is 16.1 Å². The summed E-state index contributed by atoms with van der Waals surface area (Å²) in [7, 11) is 1.59. The highest BCUT2D eigenvalue weighted by atomic mass is 16.5. The molecule has 2 heterocycles. The molecule has 8 heteroatoms. The average molecular weight is 431 g/mol. The third-order valence-corrected chi connectivity index (χ3v) is 4.89. The number of amides is 1. The Morgan fingerprint density at radius 2 is 1.81 bits per heavy atom. The predicted molar refractivity (Wildman–Crippen MR) is 117 cm³/mol. The largest absolute Gasteiger partial charge is 0.497 e. The fraction of sp³-hybridized carbons (Fsp3) is 0.167. The van der Waals surface area contributed by atoms with Gasteiger partial charge in [0, 0.05) is 12.1 Å². The Morgan fingerprint density at radius 1 is 1.06 bits per heavy atom. The molecule has 0 aliphatic carbocycles. The quantitative estimate of drug-likeness (QED) is 0.445. The lowest BCUT2D eigenvalue weighted by Crippen LogP contribution is -2.28. The standard InChI is InChI=1S/C24H21N3O5/c1-15-22-19(12-20(26-23(22)32-27-15)17-6-4-3-5-7-17)24(29)31-14-21(28)25-13-16-8-10-18(30-2)11-9-16/h3-12H,13-14H2,1-2H3,(H,25,28). The van der Waals surface area contributed by atoms with Crippen LogP contribution in [-0.4, -0.2) is 35.7 Å². The van der Waals surface area contributed by atoms with Gasteiger partial charge in [0.1, 0.15) is 5.75 Å². The lowest BCUT2D eigenvalue weighted by molar-refractivity contribution is -0.124. The molecule has 0 aliphatic heterocycles. The van der Waals surface area contributed by atoms with Crippen molar-refractivity contribution in [3.05, 3.63) is 77.5 Å². The van der Waals surface area contributed by atoms with Gasteiger partial charge in [-0.2, -0.15) is 0 Å². The van der Waals surface area contributed by atoms with E-state index >= 15 is 0 Å². The maximum Gasteiger partial charge on any atom is 0.339 e. The third-order valence-electron chi connectivity index (χ3n) is 4.89. The second-order valence-corrected chi connectivity index (χ2v) is 7.07. The normalized spacial score (nSPS) is 10.7. The van der Waals surface area contributed by atoms with Gasteiger partial charge in [0.25, 0.3) is 11.6 Å². The van der Waals surface area contributed by atoms with Crippen LogP contribution >= 0.6 is 0 Å². The molecule has 0 spiro atoms. The molecule has 0 unspecified atom stereocenters. The molecular formula is C24H21N3O5. The van der Waals surface area contributed by atoms with Crippen LogP contribution in [0.25, 0.3) is 22.4 Å². The number of carbonyl (C=O) groups is 2. The summed E-state index contributed by atoms with van der Waals surface area (Å²) in [5, 5.41) is 7.10. The van der Waals surface area contributed by atoms with Crippen molar-refractivity contribution < 1.29 is 23.6 Å². The van der Waals surface area contributed by atoms with E-state index in [4.69, 9.17) is 14.0 Å². The maximum absolute atomic E-state index is 12.8. The van der Waals surface area contributed by atoms with E-state index in [-0.39, 0.29) is 11.3 Å². The molecule has 1 N–H and O–H groups in total. The summed E-state index contributed by atoms with van der Waals surface area (Å²) in [6.07, 6.45) is 0. The van der Waals surface area contributed by atoms with Crippen LogP contribution in [0.1, 0.15) is 21.6 Å². The van der Waals surface area contributed by atoms with Crippen molar-refractivity contribution >= 4 is 23.0 Å². The van der Waals surface area contributed by atoms with Gasteiger partial charge in [-0.1, -0.05) is 47.6 Å². The summed E-state index contributed by atoms with van der Waals surface area (Å²) in [5.41, 5.74) is 3.26. The molecule has 162 valence electrons. The minimum absolute atomic E-state index is 0.236. The number of carbonyl (C=O) groups excluding carboxylic acids is 2. The first-order chi connectivity index (χ1) is 15.5. The zero-order valence-corrected chi connectivity index (χ0v) is 17.6.